The molecule has 1 saturated heterocycles. The Morgan fingerprint density at radius 3 is 2.71 bits per heavy atom. The van der Waals surface area contributed by atoms with Crippen molar-refractivity contribution < 1.29 is 4.79 Å². The molecule has 112 valence electrons. The Morgan fingerprint density at radius 1 is 1.38 bits per heavy atom. The molecule has 0 spiro atoms. The average molecular weight is 303 g/mol. The predicted octanol–water partition coefficient (Wildman–Crippen LogP) is 3.37. The zero-order valence-electron chi connectivity index (χ0n) is 12.8. The summed E-state index contributed by atoms with van der Waals surface area (Å²) in [6, 6.07) is 2.02. The Kier molecular flexibility index (Phi) is 3.61. The van der Waals surface area contributed by atoms with E-state index in [2.05, 4.69) is 11.9 Å². The third-order valence-electron chi connectivity index (χ3n) is 4.29. The number of piperidine rings is 1. The lowest BCUT2D eigenvalue weighted by Crippen LogP contribution is -2.37. The number of hydrogen-bond acceptors (Lipinski definition) is 4. The van der Waals surface area contributed by atoms with E-state index in [4.69, 9.17) is 5.73 Å². The normalized spacial score (nSPS) is 16.6. The van der Waals surface area contributed by atoms with Crippen molar-refractivity contribution in [3.63, 3.8) is 0 Å². The van der Waals surface area contributed by atoms with Gasteiger partial charge in [-0.25, -0.2) is 4.98 Å². The second kappa shape index (κ2) is 5.30. The van der Waals surface area contributed by atoms with E-state index in [1.54, 1.807) is 0 Å². The summed E-state index contributed by atoms with van der Waals surface area (Å²) in [7, 11) is 0. The van der Waals surface area contributed by atoms with Crippen molar-refractivity contribution in [3.8, 4) is 0 Å². The van der Waals surface area contributed by atoms with Gasteiger partial charge in [0.15, 0.2) is 0 Å². The fourth-order valence-corrected chi connectivity index (χ4v) is 4.17. The molecule has 0 aromatic carbocycles. The highest BCUT2D eigenvalue weighted by Crippen LogP contribution is 2.36. The number of rotatable bonds is 1. The molecule has 2 N–H and O–H groups in total. The minimum Gasteiger partial charge on any atom is -0.397 e. The molecule has 0 aliphatic carbocycles. The van der Waals surface area contributed by atoms with Crippen LogP contribution >= 0.6 is 11.3 Å². The highest BCUT2D eigenvalue weighted by molar-refractivity contribution is 7.21. The molecule has 21 heavy (non-hydrogen) atoms. The Bertz CT molecular complexity index is 699. The van der Waals surface area contributed by atoms with Crippen LogP contribution in [-0.2, 0) is 0 Å². The number of carbonyl (C=O) groups is 1. The maximum Gasteiger partial charge on any atom is 0.266 e. The molecular formula is C16H21N3OS. The van der Waals surface area contributed by atoms with Gasteiger partial charge in [-0.05, 0) is 44.2 Å². The SMILES string of the molecule is Cc1cc(C)c2c(N)c(C(=O)N3CCC(C)CC3)sc2n1. The second-order valence-electron chi connectivity index (χ2n) is 6.08. The average Bonchev–Trinajstić information content (AvgIpc) is 2.76. The van der Waals surface area contributed by atoms with Gasteiger partial charge in [-0.2, -0.15) is 0 Å². The van der Waals surface area contributed by atoms with Gasteiger partial charge in [0.05, 0.1) is 5.69 Å². The summed E-state index contributed by atoms with van der Waals surface area (Å²) in [4.78, 5) is 20.7. The lowest BCUT2D eigenvalue weighted by molar-refractivity contribution is 0.0703. The first-order valence-corrected chi connectivity index (χ1v) is 8.24. The number of likely N-dealkylation sites (tertiary alicyclic amines) is 1. The van der Waals surface area contributed by atoms with E-state index in [1.165, 1.54) is 11.3 Å². The van der Waals surface area contributed by atoms with Gasteiger partial charge in [0.1, 0.15) is 9.71 Å². The molecule has 0 bridgehead atoms. The molecule has 2 aromatic rings. The number of aryl methyl sites for hydroxylation is 2. The lowest BCUT2D eigenvalue weighted by Gasteiger charge is -2.30. The molecule has 3 heterocycles. The summed E-state index contributed by atoms with van der Waals surface area (Å²) in [6.07, 6.45) is 2.15. The molecule has 3 rings (SSSR count). The fraction of sp³-hybridized carbons (Fsp3) is 0.500. The summed E-state index contributed by atoms with van der Waals surface area (Å²) in [5.41, 5.74) is 8.91. The third-order valence-corrected chi connectivity index (χ3v) is 5.38. The van der Waals surface area contributed by atoms with Crippen molar-refractivity contribution in [2.24, 2.45) is 5.92 Å². The summed E-state index contributed by atoms with van der Waals surface area (Å²) in [5, 5.41) is 0.944. The standard InChI is InChI=1S/C16H21N3OS/c1-9-4-6-19(7-5-9)16(20)14-13(17)12-10(2)8-11(3)18-15(12)21-14/h8-9H,4-7,17H2,1-3H3. The van der Waals surface area contributed by atoms with Gasteiger partial charge in [-0.3, -0.25) is 4.79 Å². The quantitative estimate of drug-likeness (QED) is 0.878. The van der Waals surface area contributed by atoms with Crippen LogP contribution in [0.25, 0.3) is 10.2 Å². The number of fused-ring (bicyclic) bond motifs is 1. The highest BCUT2D eigenvalue weighted by atomic mass is 32.1. The molecule has 0 atom stereocenters. The van der Waals surface area contributed by atoms with Crippen LogP contribution < -0.4 is 5.73 Å². The minimum absolute atomic E-state index is 0.0689. The van der Waals surface area contributed by atoms with Crippen molar-refractivity contribution in [2.75, 3.05) is 18.8 Å². The molecule has 0 saturated carbocycles. The van der Waals surface area contributed by atoms with Crippen molar-refractivity contribution in [3.05, 3.63) is 22.2 Å². The van der Waals surface area contributed by atoms with Crippen LogP contribution in [0.2, 0.25) is 0 Å². The zero-order chi connectivity index (χ0) is 15.1. The summed E-state index contributed by atoms with van der Waals surface area (Å²) < 4.78 is 0. The van der Waals surface area contributed by atoms with Gasteiger partial charge >= 0.3 is 0 Å². The summed E-state index contributed by atoms with van der Waals surface area (Å²) >= 11 is 1.43. The van der Waals surface area contributed by atoms with E-state index >= 15 is 0 Å². The Morgan fingerprint density at radius 2 is 2.05 bits per heavy atom. The monoisotopic (exact) mass is 303 g/mol. The first-order chi connectivity index (χ1) is 9.97. The molecule has 5 heteroatoms. The Labute approximate surface area is 129 Å². The van der Waals surface area contributed by atoms with E-state index in [1.807, 2.05) is 24.8 Å². The number of carbonyl (C=O) groups excluding carboxylic acids is 1. The van der Waals surface area contributed by atoms with Crippen LogP contribution in [0.5, 0.6) is 0 Å². The van der Waals surface area contributed by atoms with E-state index in [0.717, 1.165) is 47.4 Å². The van der Waals surface area contributed by atoms with E-state index in [-0.39, 0.29) is 5.91 Å². The Balaban J connectivity index is 1.99. The highest BCUT2D eigenvalue weighted by Gasteiger charge is 2.26. The van der Waals surface area contributed by atoms with Gasteiger partial charge in [0, 0.05) is 24.2 Å². The van der Waals surface area contributed by atoms with Crippen LogP contribution in [0.4, 0.5) is 5.69 Å². The molecule has 1 fully saturated rings. The second-order valence-corrected chi connectivity index (χ2v) is 7.08. The number of aromatic nitrogens is 1. The topological polar surface area (TPSA) is 59.2 Å². The van der Waals surface area contributed by atoms with Gasteiger partial charge in [-0.15, -0.1) is 11.3 Å². The van der Waals surface area contributed by atoms with Crippen LogP contribution in [0.1, 0.15) is 40.7 Å². The number of hydrogen-bond donors (Lipinski definition) is 1. The van der Waals surface area contributed by atoms with Crippen LogP contribution in [0.3, 0.4) is 0 Å². The number of pyridine rings is 1. The first kappa shape index (κ1) is 14.3. The van der Waals surface area contributed by atoms with Crippen LogP contribution in [0.15, 0.2) is 6.07 Å². The number of amides is 1. The summed E-state index contributed by atoms with van der Waals surface area (Å²) in [5.74, 6) is 0.778. The van der Waals surface area contributed by atoms with Gasteiger partial charge in [0.25, 0.3) is 5.91 Å². The van der Waals surface area contributed by atoms with Crippen LogP contribution in [-0.4, -0.2) is 28.9 Å². The molecular weight excluding hydrogens is 282 g/mol. The Hall–Kier alpha value is -1.62. The fourth-order valence-electron chi connectivity index (χ4n) is 2.98. The maximum absolute atomic E-state index is 12.7. The molecule has 1 aliphatic rings. The number of nitrogen functional groups attached to an aromatic ring is 1. The molecule has 0 unspecified atom stereocenters. The predicted molar refractivity (Wildman–Crippen MR) is 87.8 cm³/mol. The van der Waals surface area contributed by atoms with Gasteiger partial charge < -0.3 is 10.6 Å². The van der Waals surface area contributed by atoms with Gasteiger partial charge in [-0.1, -0.05) is 6.92 Å². The van der Waals surface area contributed by atoms with Crippen molar-refractivity contribution in [1.29, 1.82) is 0 Å². The number of nitrogens with zero attached hydrogens (tertiary/aromatic N) is 2. The molecule has 0 radical (unpaired) electrons. The summed E-state index contributed by atoms with van der Waals surface area (Å²) in [6.45, 7) is 7.90. The zero-order valence-corrected chi connectivity index (χ0v) is 13.6. The molecule has 2 aromatic heterocycles. The van der Waals surface area contributed by atoms with E-state index in [9.17, 15) is 4.79 Å². The van der Waals surface area contributed by atoms with E-state index in [0.29, 0.717) is 16.5 Å². The van der Waals surface area contributed by atoms with Crippen molar-refractivity contribution >= 4 is 33.1 Å². The smallest absolute Gasteiger partial charge is 0.266 e. The molecule has 4 nitrogen and oxygen atoms in total. The third kappa shape index (κ3) is 2.50. The minimum atomic E-state index is 0.0689. The van der Waals surface area contributed by atoms with Crippen LogP contribution in [0, 0.1) is 19.8 Å². The van der Waals surface area contributed by atoms with Crippen molar-refractivity contribution in [2.45, 2.75) is 33.6 Å². The van der Waals surface area contributed by atoms with Crippen molar-refractivity contribution in [1.82, 2.24) is 9.88 Å². The van der Waals surface area contributed by atoms with Gasteiger partial charge in [0.2, 0.25) is 0 Å². The largest absolute Gasteiger partial charge is 0.397 e. The molecule has 1 amide bonds. The lowest BCUT2D eigenvalue weighted by atomic mass is 9.99. The number of anilines is 1. The van der Waals surface area contributed by atoms with E-state index < -0.39 is 0 Å². The first-order valence-electron chi connectivity index (χ1n) is 7.43. The molecule has 1 aliphatic heterocycles. The number of thiophene rings is 1. The number of nitrogens with two attached hydrogens (primary N) is 1. The maximum atomic E-state index is 12.7.